The largest absolute Gasteiger partial charge is 0.195 e. The maximum Gasteiger partial charge on any atom is 0.177 e. The van der Waals surface area contributed by atoms with Crippen molar-refractivity contribution in [3.63, 3.8) is 0 Å². The van der Waals surface area contributed by atoms with Crippen LogP contribution in [0.1, 0.15) is 5.56 Å². The first-order valence-corrected chi connectivity index (χ1v) is 4.80. The first kappa shape index (κ1) is 8.54. The summed E-state index contributed by atoms with van der Waals surface area (Å²) in [5.74, 6) is 0. The van der Waals surface area contributed by atoms with Crippen LogP contribution in [0, 0.1) is 16.5 Å². The number of nitriles is 1. The molecule has 0 aliphatic heterocycles. The van der Waals surface area contributed by atoms with Gasteiger partial charge in [-0.25, -0.2) is 0 Å². The second kappa shape index (κ2) is 3.02. The van der Waals surface area contributed by atoms with Crippen molar-refractivity contribution < 1.29 is 4.39 Å². The van der Waals surface area contributed by atoms with Crippen molar-refractivity contribution in [3.05, 3.63) is 28.9 Å². The van der Waals surface area contributed by atoms with Gasteiger partial charge in [-0.2, -0.15) is 9.65 Å². The van der Waals surface area contributed by atoms with Crippen molar-refractivity contribution in [1.29, 1.82) is 5.26 Å². The van der Waals surface area contributed by atoms with Crippen molar-refractivity contribution in [2.45, 2.75) is 4.90 Å². The molecule has 4 heteroatoms. The van der Waals surface area contributed by atoms with Crippen LogP contribution in [0.4, 0.5) is 4.39 Å². The monoisotopic (exact) mass is 209 g/mol. The lowest BCUT2D eigenvalue weighted by atomic mass is 10.2. The molecule has 13 heavy (non-hydrogen) atoms. The van der Waals surface area contributed by atoms with Crippen LogP contribution in [0.5, 0.6) is 0 Å². The Bertz CT molecular complexity index is 510. The summed E-state index contributed by atoms with van der Waals surface area (Å²) in [5, 5.41) is 9.17. The Morgan fingerprint density at radius 2 is 2.23 bits per heavy atom. The fourth-order valence-corrected chi connectivity index (χ4v) is 2.37. The van der Waals surface area contributed by atoms with E-state index in [1.54, 1.807) is 12.1 Å². The van der Waals surface area contributed by atoms with Crippen LogP contribution in [0.3, 0.4) is 0 Å². The molecule has 0 radical (unpaired) electrons. The summed E-state index contributed by atoms with van der Waals surface area (Å²) in [7, 11) is 0. The standard InChI is InChI=1S/C9H4FNS2/c10-8-3-6-7(12)2-1-5(4-11)9(6)13-8/h1-3,12H. The lowest BCUT2D eigenvalue weighted by Crippen LogP contribution is -1.74. The second-order valence-electron chi connectivity index (χ2n) is 2.54. The zero-order valence-electron chi connectivity index (χ0n) is 6.41. The van der Waals surface area contributed by atoms with Crippen LogP contribution in [-0.2, 0) is 0 Å². The maximum absolute atomic E-state index is 12.9. The normalized spacial score (nSPS) is 10.2. The number of hydrogen-bond donors (Lipinski definition) is 1. The van der Waals surface area contributed by atoms with Crippen LogP contribution in [0.2, 0.25) is 0 Å². The SMILES string of the molecule is N#Cc1ccc(S)c2cc(F)sc12. The van der Waals surface area contributed by atoms with Gasteiger partial charge in [-0.05, 0) is 18.2 Å². The molecule has 1 nitrogen and oxygen atoms in total. The average Bonchev–Trinajstić information content (AvgIpc) is 2.48. The molecule has 0 bridgehead atoms. The summed E-state index contributed by atoms with van der Waals surface area (Å²) >= 11 is 5.16. The third kappa shape index (κ3) is 1.30. The number of rotatable bonds is 0. The molecule has 2 rings (SSSR count). The number of nitrogens with zero attached hydrogens (tertiary/aromatic N) is 1. The molecule has 0 saturated heterocycles. The number of halogens is 1. The first-order chi connectivity index (χ1) is 6.22. The molecule has 1 heterocycles. The molecule has 0 atom stereocenters. The van der Waals surface area contributed by atoms with Gasteiger partial charge in [-0.15, -0.1) is 24.0 Å². The van der Waals surface area contributed by atoms with Crippen LogP contribution < -0.4 is 0 Å². The molecule has 64 valence electrons. The van der Waals surface area contributed by atoms with Crippen molar-refractivity contribution in [2.75, 3.05) is 0 Å². The van der Waals surface area contributed by atoms with Gasteiger partial charge < -0.3 is 0 Å². The van der Waals surface area contributed by atoms with E-state index in [2.05, 4.69) is 12.6 Å². The molecule has 0 amide bonds. The molecule has 0 unspecified atom stereocenters. The van der Waals surface area contributed by atoms with Gasteiger partial charge >= 0.3 is 0 Å². The Hall–Kier alpha value is -1.05. The highest BCUT2D eigenvalue weighted by atomic mass is 32.1. The Morgan fingerprint density at radius 3 is 2.92 bits per heavy atom. The molecular weight excluding hydrogens is 205 g/mol. The minimum atomic E-state index is -0.284. The highest BCUT2D eigenvalue weighted by Crippen LogP contribution is 2.31. The fraction of sp³-hybridized carbons (Fsp3) is 0. The first-order valence-electron chi connectivity index (χ1n) is 3.53. The van der Waals surface area contributed by atoms with Crippen LogP contribution in [0.25, 0.3) is 10.1 Å². The van der Waals surface area contributed by atoms with E-state index in [0.717, 1.165) is 11.3 Å². The van der Waals surface area contributed by atoms with Crippen LogP contribution in [-0.4, -0.2) is 0 Å². The highest BCUT2D eigenvalue weighted by Gasteiger charge is 2.08. The van der Waals surface area contributed by atoms with Crippen molar-refractivity contribution >= 4 is 34.1 Å². The average molecular weight is 209 g/mol. The van der Waals surface area contributed by atoms with Gasteiger partial charge in [0.15, 0.2) is 5.13 Å². The van der Waals surface area contributed by atoms with E-state index in [0.29, 0.717) is 20.5 Å². The molecule has 0 spiro atoms. The molecule has 0 N–H and O–H groups in total. The molecule has 0 aliphatic rings. The summed E-state index contributed by atoms with van der Waals surface area (Å²) in [6.07, 6.45) is 0. The Balaban J connectivity index is 2.94. The molecule has 0 saturated carbocycles. The van der Waals surface area contributed by atoms with Gasteiger partial charge in [0, 0.05) is 10.3 Å². The highest BCUT2D eigenvalue weighted by molar-refractivity contribution is 7.80. The minimum Gasteiger partial charge on any atom is -0.195 e. The number of benzene rings is 1. The van der Waals surface area contributed by atoms with Crippen molar-refractivity contribution in [2.24, 2.45) is 0 Å². The lowest BCUT2D eigenvalue weighted by molar-refractivity contribution is 0.658. The van der Waals surface area contributed by atoms with E-state index in [1.165, 1.54) is 6.07 Å². The number of thiophene rings is 1. The molecule has 1 aromatic carbocycles. The molecular formula is C9H4FNS2. The van der Waals surface area contributed by atoms with Gasteiger partial charge in [0.1, 0.15) is 6.07 Å². The molecule has 2 aromatic rings. The lowest BCUT2D eigenvalue weighted by Gasteiger charge is -1.94. The van der Waals surface area contributed by atoms with E-state index in [4.69, 9.17) is 5.26 Å². The van der Waals surface area contributed by atoms with Crippen LogP contribution in [0.15, 0.2) is 23.1 Å². The Labute approximate surface area is 83.8 Å². The van der Waals surface area contributed by atoms with E-state index in [-0.39, 0.29) is 5.13 Å². The van der Waals surface area contributed by atoms with E-state index < -0.39 is 0 Å². The summed E-state index contributed by atoms with van der Waals surface area (Å²) in [5.41, 5.74) is 0.502. The number of thiol groups is 1. The fourth-order valence-electron chi connectivity index (χ4n) is 1.17. The Kier molecular flexibility index (Phi) is 1.98. The summed E-state index contributed by atoms with van der Waals surface area (Å²) in [4.78, 5) is 0.703. The minimum absolute atomic E-state index is 0.284. The zero-order chi connectivity index (χ0) is 9.42. The van der Waals surface area contributed by atoms with Crippen LogP contribution >= 0.6 is 24.0 Å². The van der Waals surface area contributed by atoms with Gasteiger partial charge in [0.2, 0.25) is 0 Å². The topological polar surface area (TPSA) is 23.8 Å². The number of fused-ring (bicyclic) bond motifs is 1. The van der Waals surface area contributed by atoms with Gasteiger partial charge in [-0.3, -0.25) is 0 Å². The van der Waals surface area contributed by atoms with Gasteiger partial charge in [0.05, 0.1) is 10.3 Å². The van der Waals surface area contributed by atoms with Gasteiger partial charge in [0.25, 0.3) is 0 Å². The maximum atomic E-state index is 12.9. The zero-order valence-corrected chi connectivity index (χ0v) is 8.12. The summed E-state index contributed by atoms with van der Waals surface area (Å²) in [6.45, 7) is 0. The third-order valence-corrected chi connectivity index (χ3v) is 3.10. The second-order valence-corrected chi connectivity index (χ2v) is 4.02. The summed E-state index contributed by atoms with van der Waals surface area (Å²) in [6, 6.07) is 6.78. The predicted molar refractivity (Wildman–Crippen MR) is 53.8 cm³/mol. The van der Waals surface area contributed by atoms with Crippen molar-refractivity contribution in [3.8, 4) is 6.07 Å². The predicted octanol–water partition coefficient (Wildman–Crippen LogP) is 3.20. The molecule has 0 aliphatic carbocycles. The van der Waals surface area contributed by atoms with E-state index in [9.17, 15) is 4.39 Å². The Morgan fingerprint density at radius 1 is 1.46 bits per heavy atom. The molecule has 0 fully saturated rings. The summed E-state index contributed by atoms with van der Waals surface area (Å²) < 4.78 is 13.6. The molecule has 1 aromatic heterocycles. The smallest absolute Gasteiger partial charge is 0.177 e. The third-order valence-electron chi connectivity index (χ3n) is 1.75. The quantitative estimate of drug-likeness (QED) is 0.662. The number of hydrogen-bond acceptors (Lipinski definition) is 3. The van der Waals surface area contributed by atoms with E-state index >= 15 is 0 Å². The van der Waals surface area contributed by atoms with Gasteiger partial charge in [-0.1, -0.05) is 0 Å². The van der Waals surface area contributed by atoms with E-state index in [1.807, 2.05) is 6.07 Å². The van der Waals surface area contributed by atoms with Crippen molar-refractivity contribution in [1.82, 2.24) is 0 Å².